The average molecular weight is 469 g/mol. The molecule has 6 rings (SSSR count). The van der Waals surface area contributed by atoms with E-state index >= 15 is 0 Å². The van der Waals surface area contributed by atoms with Crippen LogP contribution in [-0.2, 0) is 6.54 Å². The van der Waals surface area contributed by atoms with Crippen molar-refractivity contribution >= 4 is 16.7 Å². The first-order valence-corrected chi connectivity index (χ1v) is 12.3. The number of piperidine rings is 1. The molecular formula is C29H29FN4O. The van der Waals surface area contributed by atoms with E-state index in [1.807, 2.05) is 6.07 Å². The Morgan fingerprint density at radius 1 is 0.943 bits per heavy atom. The van der Waals surface area contributed by atoms with E-state index in [4.69, 9.17) is 4.74 Å². The van der Waals surface area contributed by atoms with Crippen molar-refractivity contribution in [3.63, 3.8) is 0 Å². The van der Waals surface area contributed by atoms with E-state index in [9.17, 15) is 4.39 Å². The Kier molecular flexibility index (Phi) is 5.82. The van der Waals surface area contributed by atoms with Crippen LogP contribution in [-0.4, -0.2) is 40.1 Å². The first-order valence-electron chi connectivity index (χ1n) is 12.3. The third kappa shape index (κ3) is 4.34. The maximum Gasteiger partial charge on any atom is 0.145 e. The fourth-order valence-corrected chi connectivity index (χ4v) is 5.85. The molecule has 2 aliphatic heterocycles. The van der Waals surface area contributed by atoms with Gasteiger partial charge >= 0.3 is 0 Å². The second-order valence-corrected chi connectivity index (χ2v) is 9.66. The summed E-state index contributed by atoms with van der Waals surface area (Å²) < 4.78 is 19.2. The van der Waals surface area contributed by atoms with E-state index in [2.05, 4.69) is 56.6 Å². The Bertz CT molecular complexity index is 1310. The fourth-order valence-electron chi connectivity index (χ4n) is 5.85. The number of hydrogen-bond donors (Lipinski definition) is 1. The fraction of sp³-hybridized carbons (Fsp3) is 0.310. The Labute approximate surface area is 205 Å². The van der Waals surface area contributed by atoms with Gasteiger partial charge in [-0.3, -0.25) is 4.90 Å². The molecule has 6 heteroatoms. The molecular weight excluding hydrogens is 439 g/mol. The average Bonchev–Trinajstić information content (AvgIpc) is 3.11. The lowest BCUT2D eigenvalue weighted by atomic mass is 9.96. The number of nitrogens with zero attached hydrogens (tertiary/aromatic N) is 3. The highest BCUT2D eigenvalue weighted by molar-refractivity contribution is 5.96. The van der Waals surface area contributed by atoms with E-state index in [-0.39, 0.29) is 5.82 Å². The number of aromatic nitrogens is 2. The highest BCUT2D eigenvalue weighted by Crippen LogP contribution is 2.39. The second-order valence-electron chi connectivity index (χ2n) is 9.66. The van der Waals surface area contributed by atoms with Gasteiger partial charge in [-0.05, 0) is 66.6 Å². The summed E-state index contributed by atoms with van der Waals surface area (Å²) in [6.07, 6.45) is 6.31. The van der Waals surface area contributed by atoms with Crippen LogP contribution in [0.4, 0.5) is 10.2 Å². The third-order valence-corrected chi connectivity index (χ3v) is 7.53. The standard InChI is InChI=1S/C29H29FN4O/c1-35-27-14-21(20-7-9-22(30)10-8-20)13-26-28(27)31-18-32-29(26)33-23-15-24-11-12-25(16-23)34(24)17-19-5-3-2-4-6-19/h2-10,13-14,18,23-25H,11-12,15-17H2,1H3,(H,31,32,33)/t23-,24-,25+. The Hall–Kier alpha value is -3.51. The minimum Gasteiger partial charge on any atom is -0.494 e. The lowest BCUT2D eigenvalue weighted by molar-refractivity contribution is 0.124. The zero-order valence-corrected chi connectivity index (χ0v) is 19.8. The van der Waals surface area contributed by atoms with E-state index < -0.39 is 0 Å². The molecule has 5 nitrogen and oxygen atoms in total. The maximum absolute atomic E-state index is 13.5. The number of methoxy groups -OCH3 is 1. The van der Waals surface area contributed by atoms with Gasteiger partial charge in [0.25, 0.3) is 0 Å². The van der Waals surface area contributed by atoms with Gasteiger partial charge in [0.05, 0.1) is 7.11 Å². The number of rotatable bonds is 6. The van der Waals surface area contributed by atoms with Gasteiger partial charge in [0, 0.05) is 30.1 Å². The van der Waals surface area contributed by atoms with Crippen LogP contribution in [0.5, 0.6) is 5.75 Å². The zero-order chi connectivity index (χ0) is 23.8. The van der Waals surface area contributed by atoms with Crippen molar-refractivity contribution < 1.29 is 9.13 Å². The molecule has 178 valence electrons. The van der Waals surface area contributed by atoms with Crippen molar-refractivity contribution in [2.45, 2.75) is 50.4 Å². The van der Waals surface area contributed by atoms with Crippen molar-refractivity contribution in [3.8, 4) is 16.9 Å². The van der Waals surface area contributed by atoms with E-state index in [1.54, 1.807) is 25.6 Å². The monoisotopic (exact) mass is 468 g/mol. The minimum absolute atomic E-state index is 0.250. The lowest BCUT2D eigenvalue weighted by Gasteiger charge is -2.39. The predicted molar refractivity (Wildman–Crippen MR) is 137 cm³/mol. The topological polar surface area (TPSA) is 50.3 Å². The van der Waals surface area contributed by atoms with Gasteiger partial charge in [0.1, 0.15) is 29.2 Å². The SMILES string of the molecule is COc1cc(-c2ccc(F)cc2)cc2c(N[C@@H]3C[C@H]4CC[C@@H](C3)N4Cc3ccccc3)ncnc12. The summed E-state index contributed by atoms with van der Waals surface area (Å²) >= 11 is 0. The Morgan fingerprint density at radius 2 is 1.69 bits per heavy atom. The predicted octanol–water partition coefficient (Wildman–Crippen LogP) is 6.05. The maximum atomic E-state index is 13.5. The van der Waals surface area contributed by atoms with E-state index in [1.165, 1.54) is 30.5 Å². The van der Waals surface area contributed by atoms with Crippen LogP contribution in [0.25, 0.3) is 22.0 Å². The highest BCUT2D eigenvalue weighted by Gasteiger charge is 2.40. The van der Waals surface area contributed by atoms with Crippen molar-refractivity contribution in [3.05, 3.63) is 84.4 Å². The molecule has 35 heavy (non-hydrogen) atoms. The molecule has 2 fully saturated rings. The smallest absolute Gasteiger partial charge is 0.145 e. The quantitative estimate of drug-likeness (QED) is 0.373. The highest BCUT2D eigenvalue weighted by atomic mass is 19.1. The van der Waals surface area contributed by atoms with Gasteiger partial charge in [0.2, 0.25) is 0 Å². The molecule has 1 N–H and O–H groups in total. The number of fused-ring (bicyclic) bond motifs is 3. The molecule has 0 radical (unpaired) electrons. The van der Waals surface area contributed by atoms with Crippen molar-refractivity contribution in [1.29, 1.82) is 0 Å². The summed E-state index contributed by atoms with van der Waals surface area (Å²) in [7, 11) is 1.65. The molecule has 3 heterocycles. The molecule has 0 aliphatic carbocycles. The lowest BCUT2D eigenvalue weighted by Crippen LogP contribution is -2.46. The van der Waals surface area contributed by atoms with E-state index in [0.29, 0.717) is 23.9 Å². The number of benzene rings is 3. The number of nitrogens with one attached hydrogen (secondary N) is 1. The van der Waals surface area contributed by atoms with Gasteiger partial charge in [-0.25, -0.2) is 14.4 Å². The number of ether oxygens (including phenoxy) is 1. The molecule has 2 saturated heterocycles. The number of halogens is 1. The molecule has 0 unspecified atom stereocenters. The van der Waals surface area contributed by atoms with Crippen molar-refractivity contribution in [1.82, 2.24) is 14.9 Å². The van der Waals surface area contributed by atoms with Gasteiger partial charge in [-0.1, -0.05) is 42.5 Å². The summed E-state index contributed by atoms with van der Waals surface area (Å²) in [5.74, 6) is 1.27. The van der Waals surface area contributed by atoms with Gasteiger partial charge in [-0.15, -0.1) is 0 Å². The van der Waals surface area contributed by atoms with E-state index in [0.717, 1.165) is 47.2 Å². The van der Waals surface area contributed by atoms with Crippen molar-refractivity contribution in [2.24, 2.45) is 0 Å². The molecule has 3 atom stereocenters. The van der Waals surface area contributed by atoms with Crippen LogP contribution in [0.1, 0.15) is 31.2 Å². The van der Waals surface area contributed by atoms with Crippen LogP contribution >= 0.6 is 0 Å². The summed E-state index contributed by atoms with van der Waals surface area (Å²) in [5.41, 5.74) is 4.04. The molecule has 1 aromatic heterocycles. The Morgan fingerprint density at radius 3 is 2.40 bits per heavy atom. The van der Waals surface area contributed by atoms with Crippen molar-refractivity contribution in [2.75, 3.05) is 12.4 Å². The van der Waals surface area contributed by atoms with Crippen LogP contribution in [0.15, 0.2) is 73.1 Å². The summed E-state index contributed by atoms with van der Waals surface area (Å²) in [5, 5.41) is 4.68. The normalized spacial score (nSPS) is 21.8. The minimum atomic E-state index is -0.250. The first kappa shape index (κ1) is 22.0. The Balaban J connectivity index is 1.27. The van der Waals surface area contributed by atoms with Crippen LogP contribution < -0.4 is 10.1 Å². The summed E-state index contributed by atoms with van der Waals surface area (Å²) in [6, 6.07) is 22.9. The first-order chi connectivity index (χ1) is 17.2. The molecule has 3 aromatic carbocycles. The van der Waals surface area contributed by atoms with Crippen LogP contribution in [0.2, 0.25) is 0 Å². The molecule has 0 spiro atoms. The number of hydrogen-bond acceptors (Lipinski definition) is 5. The van der Waals surface area contributed by atoms with Crippen LogP contribution in [0.3, 0.4) is 0 Å². The van der Waals surface area contributed by atoms with Crippen LogP contribution in [0, 0.1) is 5.82 Å². The molecule has 0 saturated carbocycles. The molecule has 2 bridgehead atoms. The second kappa shape index (κ2) is 9.27. The number of anilines is 1. The van der Waals surface area contributed by atoms with Gasteiger partial charge in [-0.2, -0.15) is 0 Å². The molecule has 4 aromatic rings. The molecule has 2 aliphatic rings. The molecule has 0 amide bonds. The third-order valence-electron chi connectivity index (χ3n) is 7.53. The zero-order valence-electron chi connectivity index (χ0n) is 19.8. The summed E-state index contributed by atoms with van der Waals surface area (Å²) in [4.78, 5) is 11.8. The summed E-state index contributed by atoms with van der Waals surface area (Å²) in [6.45, 7) is 1.03. The van der Waals surface area contributed by atoms with Gasteiger partial charge in [0.15, 0.2) is 0 Å². The van der Waals surface area contributed by atoms with Gasteiger partial charge < -0.3 is 10.1 Å². The largest absolute Gasteiger partial charge is 0.494 e.